The summed E-state index contributed by atoms with van der Waals surface area (Å²) >= 11 is 1.41. The lowest BCUT2D eigenvalue weighted by atomic mass is 10.2. The van der Waals surface area contributed by atoms with E-state index in [1.54, 1.807) is 13.2 Å². The first-order valence-corrected chi connectivity index (χ1v) is 7.84. The average molecular weight is 302 g/mol. The molecule has 2 aromatic rings. The van der Waals surface area contributed by atoms with E-state index >= 15 is 0 Å². The summed E-state index contributed by atoms with van der Waals surface area (Å²) in [5, 5.41) is 1.86. The first-order valence-electron chi connectivity index (χ1n) is 6.96. The standard InChI is InChI=1S/C16H18N2O2S/c1-20-13-6-2-11(3-7-13)10-18(12-4-5-12)16(19)15-14(17)8-9-21-15/h2-3,6-9,12H,4-5,10,17H2,1H3. The van der Waals surface area contributed by atoms with Crippen molar-refractivity contribution in [2.75, 3.05) is 12.8 Å². The first kappa shape index (κ1) is 13.9. The van der Waals surface area contributed by atoms with E-state index in [9.17, 15) is 4.79 Å². The Morgan fingerprint density at radius 2 is 2.05 bits per heavy atom. The number of hydrogen-bond donors (Lipinski definition) is 1. The molecule has 0 unspecified atom stereocenters. The summed E-state index contributed by atoms with van der Waals surface area (Å²) in [5.41, 5.74) is 7.55. The summed E-state index contributed by atoms with van der Waals surface area (Å²) in [6.07, 6.45) is 2.15. The molecular weight excluding hydrogens is 284 g/mol. The first-order chi connectivity index (χ1) is 10.2. The van der Waals surface area contributed by atoms with Gasteiger partial charge in [-0.3, -0.25) is 4.79 Å². The van der Waals surface area contributed by atoms with E-state index in [-0.39, 0.29) is 5.91 Å². The number of amides is 1. The number of methoxy groups -OCH3 is 1. The minimum atomic E-state index is 0.0424. The van der Waals surface area contributed by atoms with Crippen molar-refractivity contribution < 1.29 is 9.53 Å². The number of thiophene rings is 1. The number of ether oxygens (including phenoxy) is 1. The van der Waals surface area contributed by atoms with Crippen LogP contribution < -0.4 is 10.5 Å². The highest BCUT2D eigenvalue weighted by atomic mass is 32.1. The van der Waals surface area contributed by atoms with Gasteiger partial charge in [-0.2, -0.15) is 0 Å². The lowest BCUT2D eigenvalue weighted by Crippen LogP contribution is -2.32. The van der Waals surface area contributed by atoms with Crippen molar-refractivity contribution in [3.8, 4) is 5.75 Å². The van der Waals surface area contributed by atoms with Crippen molar-refractivity contribution in [1.82, 2.24) is 4.90 Å². The van der Waals surface area contributed by atoms with Gasteiger partial charge >= 0.3 is 0 Å². The van der Waals surface area contributed by atoms with Crippen LogP contribution in [0.2, 0.25) is 0 Å². The Kier molecular flexibility index (Phi) is 3.84. The van der Waals surface area contributed by atoms with Crippen molar-refractivity contribution >= 4 is 22.9 Å². The van der Waals surface area contributed by atoms with Gasteiger partial charge in [-0.1, -0.05) is 12.1 Å². The lowest BCUT2D eigenvalue weighted by molar-refractivity contribution is 0.0736. The third-order valence-electron chi connectivity index (χ3n) is 3.65. The van der Waals surface area contributed by atoms with Crippen LogP contribution in [-0.4, -0.2) is 24.0 Å². The van der Waals surface area contributed by atoms with Gasteiger partial charge in [-0.15, -0.1) is 11.3 Å². The van der Waals surface area contributed by atoms with Crippen LogP contribution in [0.3, 0.4) is 0 Å². The number of nitrogens with two attached hydrogens (primary N) is 1. The fourth-order valence-corrected chi connectivity index (χ4v) is 3.08. The quantitative estimate of drug-likeness (QED) is 0.923. The zero-order chi connectivity index (χ0) is 14.8. The molecule has 3 rings (SSSR count). The molecule has 1 aliphatic rings. The maximum Gasteiger partial charge on any atom is 0.266 e. The Bertz CT molecular complexity index is 632. The normalized spacial score (nSPS) is 14.0. The predicted molar refractivity (Wildman–Crippen MR) is 84.6 cm³/mol. The summed E-state index contributed by atoms with van der Waals surface area (Å²) in [6.45, 7) is 0.616. The molecule has 0 aliphatic heterocycles. The maximum absolute atomic E-state index is 12.7. The summed E-state index contributed by atoms with van der Waals surface area (Å²) in [5.74, 6) is 0.867. The molecule has 2 N–H and O–H groups in total. The minimum Gasteiger partial charge on any atom is -0.497 e. The van der Waals surface area contributed by atoms with Gasteiger partial charge in [0.05, 0.1) is 12.8 Å². The summed E-state index contributed by atoms with van der Waals surface area (Å²) in [6, 6.07) is 9.98. The van der Waals surface area contributed by atoms with Crippen molar-refractivity contribution in [3.05, 3.63) is 46.2 Å². The van der Waals surface area contributed by atoms with Crippen LogP contribution in [0.1, 0.15) is 28.1 Å². The molecule has 0 bridgehead atoms. The zero-order valence-corrected chi connectivity index (χ0v) is 12.7. The highest BCUT2D eigenvalue weighted by molar-refractivity contribution is 7.12. The van der Waals surface area contributed by atoms with Gasteiger partial charge in [-0.05, 0) is 42.0 Å². The third kappa shape index (κ3) is 3.03. The number of hydrogen-bond acceptors (Lipinski definition) is 4. The maximum atomic E-state index is 12.7. The number of nitrogens with zero attached hydrogens (tertiary/aromatic N) is 1. The van der Waals surface area contributed by atoms with Gasteiger partial charge in [0, 0.05) is 12.6 Å². The Labute approximate surface area is 128 Å². The smallest absolute Gasteiger partial charge is 0.266 e. The molecule has 1 amide bonds. The third-order valence-corrected chi connectivity index (χ3v) is 4.57. The van der Waals surface area contributed by atoms with Gasteiger partial charge in [0.2, 0.25) is 0 Å². The molecule has 21 heavy (non-hydrogen) atoms. The van der Waals surface area contributed by atoms with Crippen LogP contribution in [0.15, 0.2) is 35.7 Å². The van der Waals surface area contributed by atoms with Crippen LogP contribution in [0.5, 0.6) is 5.75 Å². The molecule has 0 saturated heterocycles. The minimum absolute atomic E-state index is 0.0424. The lowest BCUT2D eigenvalue weighted by Gasteiger charge is -2.22. The summed E-state index contributed by atoms with van der Waals surface area (Å²) in [4.78, 5) is 15.3. The van der Waals surface area contributed by atoms with Gasteiger partial charge in [0.25, 0.3) is 5.91 Å². The average Bonchev–Trinajstić information content (AvgIpc) is 3.26. The Morgan fingerprint density at radius 3 is 2.57 bits per heavy atom. The Balaban J connectivity index is 1.78. The van der Waals surface area contributed by atoms with Crippen LogP contribution in [0, 0.1) is 0 Å². The summed E-state index contributed by atoms with van der Waals surface area (Å²) < 4.78 is 5.16. The zero-order valence-electron chi connectivity index (χ0n) is 11.9. The molecule has 0 spiro atoms. The van der Waals surface area contributed by atoms with E-state index in [2.05, 4.69) is 0 Å². The number of rotatable bonds is 5. The Morgan fingerprint density at radius 1 is 1.33 bits per heavy atom. The topological polar surface area (TPSA) is 55.6 Å². The monoisotopic (exact) mass is 302 g/mol. The molecule has 0 radical (unpaired) electrons. The van der Waals surface area contributed by atoms with E-state index < -0.39 is 0 Å². The highest BCUT2D eigenvalue weighted by Gasteiger charge is 2.34. The van der Waals surface area contributed by atoms with E-state index in [0.717, 1.165) is 24.2 Å². The van der Waals surface area contributed by atoms with E-state index in [0.29, 0.717) is 23.2 Å². The predicted octanol–water partition coefficient (Wildman–Crippen LogP) is 3.14. The second-order valence-electron chi connectivity index (χ2n) is 5.22. The van der Waals surface area contributed by atoms with Crippen LogP contribution in [0.25, 0.3) is 0 Å². The molecule has 5 heteroatoms. The fraction of sp³-hybridized carbons (Fsp3) is 0.312. The van der Waals surface area contributed by atoms with Crippen molar-refractivity contribution in [2.45, 2.75) is 25.4 Å². The van der Waals surface area contributed by atoms with E-state index in [4.69, 9.17) is 10.5 Å². The number of nitrogen functional groups attached to an aromatic ring is 1. The van der Waals surface area contributed by atoms with Crippen molar-refractivity contribution in [1.29, 1.82) is 0 Å². The van der Waals surface area contributed by atoms with Crippen molar-refractivity contribution in [3.63, 3.8) is 0 Å². The molecule has 110 valence electrons. The van der Waals surface area contributed by atoms with Crippen LogP contribution in [-0.2, 0) is 6.54 Å². The molecule has 1 fully saturated rings. The fourth-order valence-electron chi connectivity index (χ4n) is 2.30. The summed E-state index contributed by atoms with van der Waals surface area (Å²) in [7, 11) is 1.65. The number of carbonyl (C=O) groups excluding carboxylic acids is 1. The van der Waals surface area contributed by atoms with Crippen LogP contribution >= 0.6 is 11.3 Å². The molecule has 1 aromatic carbocycles. The van der Waals surface area contributed by atoms with Gasteiger partial charge in [0.1, 0.15) is 10.6 Å². The van der Waals surface area contributed by atoms with E-state index in [1.165, 1.54) is 11.3 Å². The second kappa shape index (κ2) is 5.77. The molecular formula is C16H18N2O2S. The van der Waals surface area contributed by atoms with Gasteiger partial charge in [0.15, 0.2) is 0 Å². The number of benzene rings is 1. The molecule has 0 atom stereocenters. The molecule has 1 aliphatic carbocycles. The number of carbonyl (C=O) groups is 1. The SMILES string of the molecule is COc1ccc(CN(C(=O)c2sccc2N)C2CC2)cc1. The molecule has 1 heterocycles. The largest absolute Gasteiger partial charge is 0.497 e. The van der Waals surface area contributed by atoms with Gasteiger partial charge < -0.3 is 15.4 Å². The van der Waals surface area contributed by atoms with E-state index in [1.807, 2.05) is 34.5 Å². The van der Waals surface area contributed by atoms with Crippen LogP contribution in [0.4, 0.5) is 5.69 Å². The molecule has 1 saturated carbocycles. The Hall–Kier alpha value is -2.01. The van der Waals surface area contributed by atoms with Crippen molar-refractivity contribution in [2.24, 2.45) is 0 Å². The molecule has 4 nitrogen and oxygen atoms in total. The molecule has 1 aromatic heterocycles. The number of anilines is 1. The second-order valence-corrected chi connectivity index (χ2v) is 6.13. The highest BCUT2D eigenvalue weighted by Crippen LogP contribution is 2.32. The van der Waals surface area contributed by atoms with Gasteiger partial charge in [-0.25, -0.2) is 0 Å².